The minimum atomic E-state index is -4.81. The van der Waals surface area contributed by atoms with Gasteiger partial charge in [0.2, 0.25) is 12.5 Å². The number of carbonyl (C=O) groups is 4. The van der Waals surface area contributed by atoms with Gasteiger partial charge in [-0.25, -0.2) is 9.09 Å². The summed E-state index contributed by atoms with van der Waals surface area (Å²) in [5.41, 5.74) is -0.0112. The Hall–Kier alpha value is -4.64. The van der Waals surface area contributed by atoms with E-state index in [1.54, 1.807) is 0 Å². The zero-order valence-electron chi connectivity index (χ0n) is 21.5. The Morgan fingerprint density at radius 3 is 2.24 bits per heavy atom. The molecule has 41 heavy (non-hydrogen) atoms. The topological polar surface area (TPSA) is 239 Å². The van der Waals surface area contributed by atoms with E-state index in [0.717, 1.165) is 27.8 Å². The summed E-state index contributed by atoms with van der Waals surface area (Å²) in [6.07, 6.45) is 1.96. The first-order chi connectivity index (χ1) is 19.3. The van der Waals surface area contributed by atoms with Gasteiger partial charge in [0.05, 0.1) is 26.8 Å². The molecular weight excluding hydrogens is 573 g/mol. The summed E-state index contributed by atoms with van der Waals surface area (Å²) in [6, 6.07) is 3.70. The van der Waals surface area contributed by atoms with Crippen molar-refractivity contribution in [2.24, 2.45) is 0 Å². The number of methoxy groups -OCH3 is 2. The molecule has 220 valence electrons. The molecule has 0 radical (unpaired) electrons. The molecule has 0 saturated heterocycles. The zero-order chi connectivity index (χ0) is 30.3. The van der Waals surface area contributed by atoms with Crippen LogP contribution in [0.5, 0.6) is 17.2 Å². The van der Waals surface area contributed by atoms with Gasteiger partial charge < -0.3 is 39.4 Å². The minimum Gasteiger partial charge on any atom is -0.493 e. The second kappa shape index (κ2) is 13.1. The van der Waals surface area contributed by atoms with Gasteiger partial charge in [-0.05, 0) is 17.1 Å². The van der Waals surface area contributed by atoms with Crippen LogP contribution in [0, 0.1) is 10.1 Å². The van der Waals surface area contributed by atoms with Gasteiger partial charge in [-0.1, -0.05) is 5.10 Å². The van der Waals surface area contributed by atoms with Crippen molar-refractivity contribution < 1.29 is 57.2 Å². The van der Waals surface area contributed by atoms with Gasteiger partial charge in [0.15, 0.2) is 23.0 Å². The van der Waals surface area contributed by atoms with E-state index in [4.69, 9.17) is 24.0 Å². The maximum absolute atomic E-state index is 12.6. The van der Waals surface area contributed by atoms with Gasteiger partial charge in [-0.15, -0.1) is 4.68 Å². The third kappa shape index (κ3) is 8.18. The maximum Gasteiger partial charge on any atom is 0.472 e. The lowest BCUT2D eigenvalue weighted by atomic mass is 10.2. The van der Waals surface area contributed by atoms with Gasteiger partial charge in [0.1, 0.15) is 6.54 Å². The van der Waals surface area contributed by atoms with Crippen molar-refractivity contribution in [2.75, 3.05) is 34.1 Å². The molecular formula is C22H24N5O13P. The van der Waals surface area contributed by atoms with Crippen molar-refractivity contribution in [3.05, 3.63) is 51.7 Å². The van der Waals surface area contributed by atoms with Crippen molar-refractivity contribution >= 4 is 37.1 Å². The molecule has 0 saturated carbocycles. The number of ketones is 1. The summed E-state index contributed by atoms with van der Waals surface area (Å²) >= 11 is 0. The van der Waals surface area contributed by atoms with Crippen molar-refractivity contribution in [1.82, 2.24) is 20.0 Å². The average molecular weight is 597 g/mol. The van der Waals surface area contributed by atoms with E-state index in [2.05, 4.69) is 14.9 Å². The fourth-order valence-corrected chi connectivity index (χ4v) is 3.71. The van der Waals surface area contributed by atoms with Crippen molar-refractivity contribution in [3.63, 3.8) is 0 Å². The van der Waals surface area contributed by atoms with Crippen LogP contribution in [0.3, 0.4) is 0 Å². The average Bonchev–Trinajstić information content (AvgIpc) is 3.48. The molecule has 2 aromatic rings. The third-order valence-electron chi connectivity index (χ3n) is 5.42. The number of phosphoric acid groups is 1. The smallest absolute Gasteiger partial charge is 0.472 e. The molecule has 0 spiro atoms. The summed E-state index contributed by atoms with van der Waals surface area (Å²) in [5, 5.41) is 17.9. The minimum absolute atomic E-state index is 0.0352. The molecule has 1 aliphatic heterocycles. The van der Waals surface area contributed by atoms with Crippen LogP contribution in [0.25, 0.3) is 0 Å². The monoisotopic (exact) mass is 597 g/mol. The van der Waals surface area contributed by atoms with Crippen LogP contribution in [-0.2, 0) is 30.0 Å². The number of nitrogens with zero attached hydrogens (tertiary/aromatic N) is 4. The Kier molecular flexibility index (Phi) is 9.90. The Balaban J connectivity index is 1.70. The highest BCUT2D eigenvalue weighted by molar-refractivity contribution is 7.46. The number of nitrogens with one attached hydrogen (secondary N) is 1. The maximum atomic E-state index is 12.6. The van der Waals surface area contributed by atoms with E-state index in [1.807, 2.05) is 0 Å². The fourth-order valence-electron chi connectivity index (χ4n) is 3.52. The molecule has 0 bridgehead atoms. The first-order valence-corrected chi connectivity index (χ1v) is 13.0. The Labute approximate surface area is 230 Å². The molecule has 3 N–H and O–H groups in total. The van der Waals surface area contributed by atoms with Crippen LogP contribution in [0.4, 0.5) is 5.82 Å². The van der Waals surface area contributed by atoms with Crippen molar-refractivity contribution in [1.29, 1.82) is 0 Å². The molecule has 0 aliphatic carbocycles. The Morgan fingerprint density at radius 2 is 1.71 bits per heavy atom. The fraction of sp³-hybridized carbons (Fsp3) is 0.318. The van der Waals surface area contributed by atoms with Gasteiger partial charge in [-0.3, -0.25) is 24.1 Å². The SMILES string of the molecule is COc1cc(Cn2nc(C(=O)NCC(=O)CCN3C(=O)C=CC3=O)cc2[N+](=O)[O-])cc(OC)c1OCOP(=O)(O)O. The number of amides is 3. The van der Waals surface area contributed by atoms with Crippen LogP contribution in [-0.4, -0.2) is 87.0 Å². The number of Topliss-reactive ketones (excluding diaryl/α,β-unsaturated/α-hetero) is 1. The largest absolute Gasteiger partial charge is 0.493 e. The van der Waals surface area contributed by atoms with Gasteiger partial charge in [0.25, 0.3) is 17.7 Å². The van der Waals surface area contributed by atoms with E-state index in [0.29, 0.717) is 5.56 Å². The number of hydrogen-bond acceptors (Lipinski definition) is 12. The Bertz CT molecular complexity index is 1400. The number of carbonyl (C=O) groups excluding carboxylic acids is 4. The van der Waals surface area contributed by atoms with E-state index in [1.165, 1.54) is 26.4 Å². The van der Waals surface area contributed by atoms with Crippen LogP contribution in [0.2, 0.25) is 0 Å². The summed E-state index contributed by atoms with van der Waals surface area (Å²) in [7, 11) is -2.27. The molecule has 0 fully saturated rings. The predicted molar refractivity (Wildman–Crippen MR) is 134 cm³/mol. The van der Waals surface area contributed by atoms with Crippen molar-refractivity contribution in [3.8, 4) is 17.2 Å². The number of aromatic nitrogens is 2. The quantitative estimate of drug-likeness (QED) is 0.0800. The molecule has 0 unspecified atom stereocenters. The first-order valence-electron chi connectivity index (χ1n) is 11.5. The van der Waals surface area contributed by atoms with Gasteiger partial charge in [-0.2, -0.15) is 0 Å². The zero-order valence-corrected chi connectivity index (χ0v) is 22.4. The highest BCUT2D eigenvalue weighted by Crippen LogP contribution is 2.41. The lowest BCUT2D eigenvalue weighted by Crippen LogP contribution is -2.35. The van der Waals surface area contributed by atoms with Crippen LogP contribution in [0.15, 0.2) is 30.4 Å². The number of hydrogen-bond donors (Lipinski definition) is 3. The van der Waals surface area contributed by atoms with Gasteiger partial charge >= 0.3 is 13.6 Å². The van der Waals surface area contributed by atoms with E-state index >= 15 is 0 Å². The number of imide groups is 1. The number of benzene rings is 1. The lowest BCUT2D eigenvalue weighted by molar-refractivity contribution is -0.392. The predicted octanol–water partition coefficient (Wildman–Crippen LogP) is -0.0836. The second-order valence-electron chi connectivity index (χ2n) is 8.15. The second-order valence-corrected chi connectivity index (χ2v) is 9.39. The molecule has 1 aromatic carbocycles. The van der Waals surface area contributed by atoms with Gasteiger partial charge in [0, 0.05) is 30.7 Å². The highest BCUT2D eigenvalue weighted by atomic mass is 31.2. The number of rotatable bonds is 15. The summed E-state index contributed by atoms with van der Waals surface area (Å²) in [4.78, 5) is 77.2. The van der Waals surface area contributed by atoms with Crippen LogP contribution >= 0.6 is 7.82 Å². The molecule has 3 amide bonds. The summed E-state index contributed by atoms with van der Waals surface area (Å²) in [5.74, 6) is -3.00. The molecule has 1 aliphatic rings. The Morgan fingerprint density at radius 1 is 1.10 bits per heavy atom. The summed E-state index contributed by atoms with van der Waals surface area (Å²) in [6.45, 7) is -1.72. The summed E-state index contributed by atoms with van der Waals surface area (Å²) < 4.78 is 31.7. The molecule has 0 atom stereocenters. The standard InChI is InChI=1S/C22H24N5O13P/c1-37-16-7-13(8-17(38-2)21(16)39-12-40-41(34,35)36)11-26-18(27(32)33)9-15(24-26)22(31)23-10-14(28)5-6-25-19(29)3-4-20(25)30/h3-4,7-9H,5-6,10-12H2,1-2H3,(H,23,31)(H2,34,35,36). The lowest BCUT2D eigenvalue weighted by Gasteiger charge is -2.16. The van der Waals surface area contributed by atoms with Crippen molar-refractivity contribution in [2.45, 2.75) is 13.0 Å². The molecule has 19 heteroatoms. The highest BCUT2D eigenvalue weighted by Gasteiger charge is 2.26. The third-order valence-corrected chi connectivity index (χ3v) is 5.86. The van der Waals surface area contributed by atoms with Crippen LogP contribution < -0.4 is 19.5 Å². The molecule has 3 rings (SSSR count). The number of ether oxygens (including phenoxy) is 3. The molecule has 1 aromatic heterocycles. The first kappa shape index (κ1) is 30.9. The van der Waals surface area contributed by atoms with E-state index in [-0.39, 0.29) is 42.5 Å². The molecule has 2 heterocycles. The number of phosphoric ester groups is 1. The number of nitro groups is 1. The van der Waals surface area contributed by atoms with Crippen LogP contribution in [0.1, 0.15) is 22.5 Å². The van der Waals surface area contributed by atoms with E-state index in [9.17, 15) is 33.9 Å². The van der Waals surface area contributed by atoms with E-state index < -0.39 is 55.4 Å². The molecule has 18 nitrogen and oxygen atoms in total. The normalized spacial score (nSPS) is 12.9.